The fourth-order valence-corrected chi connectivity index (χ4v) is 2.38. The van der Waals surface area contributed by atoms with E-state index < -0.39 is 0 Å². The summed E-state index contributed by atoms with van der Waals surface area (Å²) in [7, 11) is 3.40. The maximum absolute atomic E-state index is 5.24. The molecule has 0 saturated heterocycles. The summed E-state index contributed by atoms with van der Waals surface area (Å²) in [6, 6.07) is 0. The van der Waals surface area contributed by atoms with Gasteiger partial charge in [-0.25, -0.2) is 0 Å². The molecule has 72 valence electrons. The molecule has 3 heteroatoms. The van der Waals surface area contributed by atoms with Crippen LogP contribution in [0.15, 0.2) is 0 Å². The second-order valence-corrected chi connectivity index (χ2v) is 4.02. The minimum atomic E-state index is -0.0622. The van der Waals surface area contributed by atoms with Crippen LogP contribution < -0.4 is 0 Å². The lowest BCUT2D eigenvalue weighted by molar-refractivity contribution is -0.141. The molecule has 0 radical (unpaired) electrons. The van der Waals surface area contributed by atoms with Gasteiger partial charge in [0.1, 0.15) is 0 Å². The average Bonchev–Trinajstić information content (AvgIpc) is 2.10. The van der Waals surface area contributed by atoms with E-state index >= 15 is 0 Å². The lowest BCUT2D eigenvalue weighted by atomic mass is 9.88. The molecule has 0 amide bonds. The minimum absolute atomic E-state index is 0.0622. The molecule has 1 aliphatic carbocycles. The molecular formula is C9H18O2S. The summed E-state index contributed by atoms with van der Waals surface area (Å²) < 4.78 is 10.5. The predicted octanol–water partition coefficient (Wildman–Crippen LogP) is 2.09. The van der Waals surface area contributed by atoms with Crippen LogP contribution in [0, 0.1) is 5.92 Å². The third-order valence-corrected chi connectivity index (χ3v) is 3.24. The van der Waals surface area contributed by atoms with Gasteiger partial charge < -0.3 is 9.47 Å². The lowest BCUT2D eigenvalue weighted by Crippen LogP contribution is -2.34. The van der Waals surface area contributed by atoms with E-state index in [0.717, 1.165) is 0 Å². The summed E-state index contributed by atoms with van der Waals surface area (Å²) in [6.07, 6.45) is 4.89. The van der Waals surface area contributed by atoms with Crippen molar-refractivity contribution in [2.75, 3.05) is 14.2 Å². The molecule has 1 saturated carbocycles. The zero-order valence-electron chi connectivity index (χ0n) is 7.82. The number of rotatable bonds is 3. The summed E-state index contributed by atoms with van der Waals surface area (Å²) in [6.45, 7) is 0. The molecule has 0 aromatic rings. The van der Waals surface area contributed by atoms with Crippen molar-refractivity contribution < 1.29 is 9.47 Å². The van der Waals surface area contributed by atoms with Crippen LogP contribution in [0.1, 0.15) is 25.7 Å². The van der Waals surface area contributed by atoms with Crippen LogP contribution in [0.25, 0.3) is 0 Å². The molecule has 0 bridgehead atoms. The Morgan fingerprint density at radius 3 is 2.25 bits per heavy atom. The van der Waals surface area contributed by atoms with E-state index in [9.17, 15) is 0 Å². The fraction of sp³-hybridized carbons (Fsp3) is 1.00. The molecule has 2 atom stereocenters. The van der Waals surface area contributed by atoms with E-state index in [0.29, 0.717) is 11.2 Å². The van der Waals surface area contributed by atoms with Crippen LogP contribution in [0.3, 0.4) is 0 Å². The van der Waals surface area contributed by atoms with Crippen molar-refractivity contribution in [1.29, 1.82) is 0 Å². The van der Waals surface area contributed by atoms with Crippen molar-refractivity contribution >= 4 is 12.6 Å². The Kier molecular flexibility index (Phi) is 4.40. The first-order valence-electron chi connectivity index (χ1n) is 4.53. The van der Waals surface area contributed by atoms with Crippen molar-refractivity contribution in [1.82, 2.24) is 0 Å². The van der Waals surface area contributed by atoms with Crippen molar-refractivity contribution in [3.8, 4) is 0 Å². The van der Waals surface area contributed by atoms with Gasteiger partial charge in [0.05, 0.1) is 0 Å². The Morgan fingerprint density at radius 1 is 1.17 bits per heavy atom. The van der Waals surface area contributed by atoms with Gasteiger partial charge in [-0.15, -0.1) is 0 Å². The molecule has 2 unspecified atom stereocenters. The van der Waals surface area contributed by atoms with Gasteiger partial charge >= 0.3 is 0 Å². The van der Waals surface area contributed by atoms with E-state index in [4.69, 9.17) is 9.47 Å². The fourth-order valence-electron chi connectivity index (χ4n) is 1.90. The van der Waals surface area contributed by atoms with Crippen molar-refractivity contribution in [2.24, 2.45) is 5.92 Å². The highest BCUT2D eigenvalue weighted by Crippen LogP contribution is 2.31. The molecule has 1 aliphatic rings. The van der Waals surface area contributed by atoms with Crippen LogP contribution in [0.2, 0.25) is 0 Å². The summed E-state index contributed by atoms with van der Waals surface area (Å²) in [5.74, 6) is 0.470. The largest absolute Gasteiger partial charge is 0.356 e. The maximum Gasteiger partial charge on any atom is 0.160 e. The van der Waals surface area contributed by atoms with Crippen molar-refractivity contribution in [3.63, 3.8) is 0 Å². The highest BCUT2D eigenvalue weighted by atomic mass is 32.1. The Labute approximate surface area is 80.0 Å². The Balaban J connectivity index is 2.45. The molecule has 2 nitrogen and oxygen atoms in total. The average molecular weight is 190 g/mol. The first-order valence-corrected chi connectivity index (χ1v) is 5.05. The summed E-state index contributed by atoms with van der Waals surface area (Å²) in [5, 5.41) is 0.448. The van der Waals surface area contributed by atoms with Crippen LogP contribution in [0.4, 0.5) is 0 Å². The number of thiol groups is 1. The Hall–Kier alpha value is 0.270. The maximum atomic E-state index is 5.24. The summed E-state index contributed by atoms with van der Waals surface area (Å²) in [5.41, 5.74) is 0. The van der Waals surface area contributed by atoms with Gasteiger partial charge in [0.2, 0.25) is 0 Å². The second-order valence-electron chi connectivity index (χ2n) is 3.36. The van der Waals surface area contributed by atoms with Gasteiger partial charge in [-0.2, -0.15) is 12.6 Å². The van der Waals surface area contributed by atoms with Crippen LogP contribution in [-0.2, 0) is 9.47 Å². The molecule has 0 heterocycles. The summed E-state index contributed by atoms with van der Waals surface area (Å²) in [4.78, 5) is 0. The Bertz CT molecular complexity index is 126. The molecule has 1 fully saturated rings. The normalized spacial score (nSPS) is 31.0. The second kappa shape index (κ2) is 5.10. The number of methoxy groups -OCH3 is 2. The van der Waals surface area contributed by atoms with E-state index in [1.165, 1.54) is 25.7 Å². The molecular weight excluding hydrogens is 172 g/mol. The number of hydrogen-bond donors (Lipinski definition) is 1. The molecule has 0 aromatic heterocycles. The smallest absolute Gasteiger partial charge is 0.160 e. The van der Waals surface area contributed by atoms with Crippen LogP contribution in [-0.4, -0.2) is 25.8 Å². The zero-order valence-corrected chi connectivity index (χ0v) is 8.72. The molecule has 0 aromatic carbocycles. The van der Waals surface area contributed by atoms with Crippen LogP contribution in [0.5, 0.6) is 0 Å². The zero-order chi connectivity index (χ0) is 8.97. The topological polar surface area (TPSA) is 18.5 Å². The molecule has 0 spiro atoms. The quantitative estimate of drug-likeness (QED) is 0.542. The lowest BCUT2D eigenvalue weighted by Gasteiger charge is -2.32. The van der Waals surface area contributed by atoms with Gasteiger partial charge in [0, 0.05) is 25.4 Å². The van der Waals surface area contributed by atoms with Gasteiger partial charge in [-0.1, -0.05) is 12.8 Å². The van der Waals surface area contributed by atoms with Gasteiger partial charge in [0.15, 0.2) is 6.29 Å². The van der Waals surface area contributed by atoms with Crippen LogP contribution >= 0.6 is 12.6 Å². The van der Waals surface area contributed by atoms with E-state index in [1.54, 1.807) is 14.2 Å². The number of ether oxygens (including phenoxy) is 2. The van der Waals surface area contributed by atoms with E-state index in [-0.39, 0.29) is 6.29 Å². The SMILES string of the molecule is COC(OC)C1CCCCC1S. The van der Waals surface area contributed by atoms with Crippen molar-refractivity contribution in [2.45, 2.75) is 37.2 Å². The first kappa shape index (κ1) is 10.4. The molecule has 1 rings (SSSR count). The van der Waals surface area contributed by atoms with Crippen molar-refractivity contribution in [3.05, 3.63) is 0 Å². The number of hydrogen-bond acceptors (Lipinski definition) is 3. The highest BCUT2D eigenvalue weighted by molar-refractivity contribution is 7.81. The van der Waals surface area contributed by atoms with E-state index in [1.807, 2.05) is 0 Å². The van der Waals surface area contributed by atoms with Gasteiger partial charge in [0.25, 0.3) is 0 Å². The Morgan fingerprint density at radius 2 is 1.75 bits per heavy atom. The molecule has 0 aliphatic heterocycles. The standard InChI is InChI=1S/C9H18O2S/c1-10-9(11-2)7-5-3-4-6-8(7)12/h7-9,12H,3-6H2,1-2H3. The first-order chi connectivity index (χ1) is 5.79. The van der Waals surface area contributed by atoms with Gasteiger partial charge in [-0.3, -0.25) is 0 Å². The monoisotopic (exact) mass is 190 g/mol. The highest BCUT2D eigenvalue weighted by Gasteiger charge is 2.29. The van der Waals surface area contributed by atoms with Gasteiger partial charge in [-0.05, 0) is 12.8 Å². The van der Waals surface area contributed by atoms with E-state index in [2.05, 4.69) is 12.6 Å². The molecule has 12 heavy (non-hydrogen) atoms. The predicted molar refractivity (Wildman–Crippen MR) is 52.5 cm³/mol. The molecule has 0 N–H and O–H groups in total. The summed E-state index contributed by atoms with van der Waals surface area (Å²) >= 11 is 4.54. The third-order valence-electron chi connectivity index (χ3n) is 2.60. The third kappa shape index (κ3) is 2.38. The minimum Gasteiger partial charge on any atom is -0.356 e.